The van der Waals surface area contributed by atoms with Gasteiger partial charge in [0.2, 0.25) is 0 Å². The molecule has 1 heterocycles. The summed E-state index contributed by atoms with van der Waals surface area (Å²) >= 11 is 0. The summed E-state index contributed by atoms with van der Waals surface area (Å²) < 4.78 is 1.50. The number of aliphatic hydroxyl groups is 2. The van der Waals surface area contributed by atoms with E-state index in [9.17, 15) is 24.9 Å². The van der Waals surface area contributed by atoms with Crippen molar-refractivity contribution in [2.24, 2.45) is 5.92 Å². The number of nitrogens with zero attached hydrogens (tertiary/aromatic N) is 1. The number of hydrogen-bond acceptors (Lipinski definition) is 4. The molecule has 0 fully saturated rings. The Balaban J connectivity index is 2.18. The third kappa shape index (κ3) is 3.81. The number of pyridine rings is 1. The Kier molecular flexibility index (Phi) is 5.08. The minimum absolute atomic E-state index is 0.0405. The summed E-state index contributed by atoms with van der Waals surface area (Å²) in [7, 11) is 0. The van der Waals surface area contributed by atoms with E-state index in [1.165, 1.54) is 29.1 Å². The second-order valence-corrected chi connectivity index (χ2v) is 5.02. The molecule has 6 heteroatoms. The van der Waals surface area contributed by atoms with Crippen LogP contribution in [0.25, 0.3) is 0 Å². The monoisotopic (exact) mass is 303 g/mol. The molecule has 6 nitrogen and oxygen atoms in total. The lowest BCUT2D eigenvalue weighted by atomic mass is 9.90. The van der Waals surface area contributed by atoms with Gasteiger partial charge in [0, 0.05) is 31.1 Å². The molecule has 1 aromatic heterocycles. The molecule has 0 bridgehead atoms. The molecule has 0 amide bonds. The molecular formula is C16H17NO5. The maximum Gasteiger partial charge on any atom is 0.312 e. The Morgan fingerprint density at radius 1 is 1.05 bits per heavy atom. The van der Waals surface area contributed by atoms with Crippen molar-refractivity contribution >= 4 is 5.97 Å². The molecule has 0 saturated carbocycles. The van der Waals surface area contributed by atoms with E-state index in [2.05, 4.69) is 0 Å². The second kappa shape index (κ2) is 7.02. The van der Waals surface area contributed by atoms with Crippen molar-refractivity contribution in [1.29, 1.82) is 0 Å². The van der Waals surface area contributed by atoms with Crippen molar-refractivity contribution in [2.45, 2.75) is 18.8 Å². The lowest BCUT2D eigenvalue weighted by Gasteiger charge is -2.25. The maximum atomic E-state index is 11.4. The van der Waals surface area contributed by atoms with Crippen molar-refractivity contribution in [3.63, 3.8) is 0 Å². The molecule has 3 atom stereocenters. The van der Waals surface area contributed by atoms with E-state index < -0.39 is 24.1 Å². The first-order valence-corrected chi connectivity index (χ1v) is 6.79. The third-order valence-corrected chi connectivity index (χ3v) is 3.44. The van der Waals surface area contributed by atoms with Crippen LogP contribution >= 0.6 is 0 Å². The van der Waals surface area contributed by atoms with Gasteiger partial charge in [-0.3, -0.25) is 9.59 Å². The van der Waals surface area contributed by atoms with Crippen LogP contribution in [0.2, 0.25) is 0 Å². The normalized spacial score (nSPS) is 15.0. The van der Waals surface area contributed by atoms with Crippen LogP contribution in [0.5, 0.6) is 0 Å². The highest BCUT2D eigenvalue weighted by Gasteiger charge is 2.34. The van der Waals surface area contributed by atoms with E-state index in [0.717, 1.165) is 0 Å². The molecule has 2 aromatic rings. The summed E-state index contributed by atoms with van der Waals surface area (Å²) in [5.74, 6) is -2.66. The van der Waals surface area contributed by atoms with Gasteiger partial charge in [0.15, 0.2) is 5.43 Å². The Bertz CT molecular complexity index is 662. The number of carboxylic acid groups (broad SMARTS) is 1. The largest absolute Gasteiger partial charge is 0.481 e. The van der Waals surface area contributed by atoms with Crippen molar-refractivity contribution in [3.8, 4) is 0 Å². The minimum atomic E-state index is -1.37. The molecule has 0 aliphatic carbocycles. The predicted octanol–water partition coefficient (Wildman–Crippen LogP) is 0.644. The molecule has 0 spiro atoms. The zero-order valence-electron chi connectivity index (χ0n) is 11.7. The SMILES string of the molecule is O=C(O)C(C(O)Cn1ccc(=O)cc1)C(O)c1ccccc1. The van der Waals surface area contributed by atoms with E-state index in [1.54, 1.807) is 30.3 Å². The van der Waals surface area contributed by atoms with E-state index in [4.69, 9.17) is 0 Å². The minimum Gasteiger partial charge on any atom is -0.481 e. The molecule has 0 saturated heterocycles. The maximum absolute atomic E-state index is 11.4. The Hall–Kier alpha value is -2.44. The predicted molar refractivity (Wildman–Crippen MR) is 79.2 cm³/mol. The van der Waals surface area contributed by atoms with Crippen LogP contribution in [0, 0.1) is 5.92 Å². The van der Waals surface area contributed by atoms with E-state index in [0.29, 0.717) is 5.56 Å². The molecule has 3 unspecified atom stereocenters. The number of carboxylic acids is 1. The topological polar surface area (TPSA) is 99.8 Å². The number of hydrogen-bond donors (Lipinski definition) is 3. The summed E-state index contributed by atoms with van der Waals surface area (Å²) in [6, 6.07) is 11.0. The highest BCUT2D eigenvalue weighted by atomic mass is 16.4. The molecule has 0 aliphatic heterocycles. The van der Waals surface area contributed by atoms with Crippen LogP contribution < -0.4 is 5.43 Å². The fourth-order valence-corrected chi connectivity index (χ4v) is 2.26. The van der Waals surface area contributed by atoms with Crippen LogP contribution in [0.3, 0.4) is 0 Å². The van der Waals surface area contributed by atoms with Gasteiger partial charge < -0.3 is 19.9 Å². The second-order valence-electron chi connectivity index (χ2n) is 5.02. The van der Waals surface area contributed by atoms with Gasteiger partial charge in [0.25, 0.3) is 0 Å². The molecule has 2 rings (SSSR count). The first-order chi connectivity index (χ1) is 10.5. The smallest absolute Gasteiger partial charge is 0.312 e. The molecule has 0 aliphatic rings. The molecule has 116 valence electrons. The van der Waals surface area contributed by atoms with Gasteiger partial charge in [0.1, 0.15) is 5.92 Å². The molecule has 22 heavy (non-hydrogen) atoms. The Morgan fingerprint density at radius 3 is 2.18 bits per heavy atom. The van der Waals surface area contributed by atoms with Crippen LogP contribution in [-0.4, -0.2) is 32.0 Å². The van der Waals surface area contributed by atoms with Crippen LogP contribution in [-0.2, 0) is 11.3 Å². The summed E-state index contributed by atoms with van der Waals surface area (Å²) in [5.41, 5.74) is 0.249. The Labute approximate surface area is 126 Å². The van der Waals surface area contributed by atoms with Crippen LogP contribution in [0.15, 0.2) is 59.7 Å². The number of rotatable bonds is 6. The molecular weight excluding hydrogens is 286 g/mol. The fourth-order valence-electron chi connectivity index (χ4n) is 2.26. The van der Waals surface area contributed by atoms with Gasteiger partial charge >= 0.3 is 5.97 Å². The van der Waals surface area contributed by atoms with Crippen LogP contribution in [0.4, 0.5) is 0 Å². The quantitative estimate of drug-likeness (QED) is 0.727. The van der Waals surface area contributed by atoms with Gasteiger partial charge in [-0.2, -0.15) is 0 Å². The van der Waals surface area contributed by atoms with Gasteiger partial charge in [-0.15, -0.1) is 0 Å². The number of aliphatic carboxylic acids is 1. The summed E-state index contributed by atoms with van der Waals surface area (Å²) in [5, 5.41) is 29.8. The molecule has 0 radical (unpaired) electrons. The highest BCUT2D eigenvalue weighted by Crippen LogP contribution is 2.25. The average molecular weight is 303 g/mol. The summed E-state index contributed by atoms with van der Waals surface area (Å²) in [4.78, 5) is 22.5. The lowest BCUT2D eigenvalue weighted by molar-refractivity contribution is -0.152. The third-order valence-electron chi connectivity index (χ3n) is 3.44. The standard InChI is InChI=1S/C16H17NO5/c18-12-6-8-17(9-7-12)10-13(19)14(16(21)22)15(20)11-4-2-1-3-5-11/h1-9,13-15,19-20H,10H2,(H,21,22). The number of aliphatic hydroxyl groups excluding tert-OH is 2. The number of benzene rings is 1. The van der Waals surface area contributed by atoms with Crippen molar-refractivity contribution < 1.29 is 20.1 Å². The van der Waals surface area contributed by atoms with Gasteiger partial charge in [-0.05, 0) is 5.56 Å². The van der Waals surface area contributed by atoms with Crippen molar-refractivity contribution in [2.75, 3.05) is 0 Å². The van der Waals surface area contributed by atoms with E-state index in [-0.39, 0.29) is 12.0 Å². The summed E-state index contributed by atoms with van der Waals surface area (Å²) in [6.45, 7) is -0.0405. The average Bonchev–Trinajstić information content (AvgIpc) is 2.50. The van der Waals surface area contributed by atoms with Crippen molar-refractivity contribution in [1.82, 2.24) is 4.57 Å². The highest BCUT2D eigenvalue weighted by molar-refractivity contribution is 5.71. The zero-order chi connectivity index (χ0) is 16.1. The first kappa shape index (κ1) is 15.9. The lowest BCUT2D eigenvalue weighted by Crippen LogP contribution is -2.36. The van der Waals surface area contributed by atoms with Gasteiger partial charge in [-0.25, -0.2) is 0 Å². The Morgan fingerprint density at radius 2 is 1.64 bits per heavy atom. The number of aromatic nitrogens is 1. The molecule has 1 aromatic carbocycles. The first-order valence-electron chi connectivity index (χ1n) is 6.79. The number of carbonyl (C=O) groups is 1. The van der Waals surface area contributed by atoms with E-state index in [1.807, 2.05) is 0 Å². The fraction of sp³-hybridized carbons (Fsp3) is 0.250. The molecule has 3 N–H and O–H groups in total. The zero-order valence-corrected chi connectivity index (χ0v) is 11.7. The van der Waals surface area contributed by atoms with E-state index >= 15 is 0 Å². The van der Waals surface area contributed by atoms with Gasteiger partial charge in [-0.1, -0.05) is 30.3 Å². The summed E-state index contributed by atoms with van der Waals surface area (Å²) in [6.07, 6.45) is 0.280. The van der Waals surface area contributed by atoms with Gasteiger partial charge in [0.05, 0.1) is 12.2 Å². The van der Waals surface area contributed by atoms with Crippen molar-refractivity contribution in [3.05, 3.63) is 70.6 Å². The van der Waals surface area contributed by atoms with Crippen LogP contribution in [0.1, 0.15) is 11.7 Å².